The third kappa shape index (κ3) is 4.45. The van der Waals surface area contributed by atoms with Gasteiger partial charge in [0.2, 0.25) is 0 Å². The molecule has 154 valence electrons. The van der Waals surface area contributed by atoms with Crippen molar-refractivity contribution in [2.45, 2.75) is 103 Å². The Balaban J connectivity index is 2.08. The van der Waals surface area contributed by atoms with Crippen molar-refractivity contribution in [3.8, 4) is 6.07 Å². The monoisotopic (exact) mass is 381 g/mol. The molecule has 0 aromatic heterocycles. The van der Waals surface area contributed by atoms with Crippen LogP contribution in [0.3, 0.4) is 0 Å². The lowest BCUT2D eigenvalue weighted by Crippen LogP contribution is -2.61. The van der Waals surface area contributed by atoms with E-state index in [2.05, 4.69) is 6.07 Å². The lowest BCUT2D eigenvalue weighted by atomic mass is 9.75. The third-order valence-electron chi connectivity index (χ3n) is 5.94. The highest BCUT2D eigenvalue weighted by molar-refractivity contribution is 5.72. The Morgan fingerprint density at radius 1 is 0.926 bits per heavy atom. The van der Waals surface area contributed by atoms with Crippen LogP contribution in [-0.2, 0) is 14.7 Å². The number of carbonyl (C=O) groups is 1. The van der Waals surface area contributed by atoms with Gasteiger partial charge in [-0.05, 0) is 81.1 Å². The van der Waals surface area contributed by atoms with Crippen molar-refractivity contribution in [2.24, 2.45) is 11.8 Å². The molecule has 0 bridgehead atoms. The molecule has 2 fully saturated rings. The summed E-state index contributed by atoms with van der Waals surface area (Å²) in [5, 5.41) is 22.8. The van der Waals surface area contributed by atoms with Crippen LogP contribution in [0.4, 0.5) is 0 Å². The molecular weight excluding hydrogens is 346 g/mol. The molecule has 0 aliphatic carbocycles. The van der Waals surface area contributed by atoms with E-state index >= 15 is 0 Å². The maximum Gasteiger partial charge on any atom is 0.347 e. The van der Waals surface area contributed by atoms with E-state index in [1.165, 1.54) is 5.06 Å². The second kappa shape index (κ2) is 7.00. The molecule has 7 heteroatoms. The number of piperidine rings is 2. The van der Waals surface area contributed by atoms with Crippen LogP contribution in [0, 0.1) is 23.2 Å². The first-order valence-corrected chi connectivity index (χ1v) is 9.70. The van der Waals surface area contributed by atoms with Crippen LogP contribution in [0.1, 0.15) is 81.1 Å². The van der Waals surface area contributed by atoms with E-state index in [1.807, 2.05) is 55.4 Å². The smallest absolute Gasteiger partial charge is 0.313 e. The average molecular weight is 382 g/mol. The first-order valence-electron chi connectivity index (χ1n) is 9.70. The van der Waals surface area contributed by atoms with E-state index in [4.69, 9.17) is 9.88 Å². The lowest BCUT2D eigenvalue weighted by molar-refractivity contribution is -0.453. The maximum absolute atomic E-state index is 12.7. The van der Waals surface area contributed by atoms with E-state index in [9.17, 15) is 15.3 Å². The maximum atomic E-state index is 12.7. The van der Waals surface area contributed by atoms with E-state index in [1.54, 1.807) is 5.06 Å². The largest absolute Gasteiger partial charge is 0.347 e. The summed E-state index contributed by atoms with van der Waals surface area (Å²) in [6.45, 7) is 15.6. The molecule has 0 aromatic rings. The molecule has 7 nitrogen and oxygen atoms in total. The highest BCUT2D eigenvalue weighted by Gasteiger charge is 2.50. The van der Waals surface area contributed by atoms with Crippen LogP contribution < -0.4 is 0 Å². The molecular formula is C20H35N3O4. The summed E-state index contributed by atoms with van der Waals surface area (Å²) in [6.07, 6.45) is 2.26. The zero-order valence-corrected chi connectivity index (χ0v) is 18.0. The highest BCUT2D eigenvalue weighted by atomic mass is 17.3. The number of hydrogen-bond donors (Lipinski definition) is 1. The van der Waals surface area contributed by atoms with Crippen molar-refractivity contribution in [1.29, 1.82) is 5.26 Å². The van der Waals surface area contributed by atoms with E-state index < -0.39 is 28.1 Å². The van der Waals surface area contributed by atoms with Crippen molar-refractivity contribution in [1.82, 2.24) is 10.1 Å². The number of hydrogen-bond acceptors (Lipinski definition) is 7. The molecule has 0 unspecified atom stereocenters. The first kappa shape index (κ1) is 22.1. The molecule has 0 saturated carbocycles. The van der Waals surface area contributed by atoms with Crippen molar-refractivity contribution >= 4 is 5.97 Å². The molecule has 2 heterocycles. The van der Waals surface area contributed by atoms with Crippen molar-refractivity contribution < 1.29 is 19.9 Å². The van der Waals surface area contributed by atoms with Gasteiger partial charge in [0.15, 0.2) is 0 Å². The fourth-order valence-corrected chi connectivity index (χ4v) is 5.14. The zero-order valence-electron chi connectivity index (χ0n) is 18.0. The summed E-state index contributed by atoms with van der Waals surface area (Å²) in [5.41, 5.74) is -1.94. The zero-order chi connectivity index (χ0) is 20.8. The topological polar surface area (TPSA) is 86.0 Å². The number of nitrogens with zero attached hydrogens (tertiary/aromatic N) is 3. The molecule has 0 spiro atoms. The van der Waals surface area contributed by atoms with Gasteiger partial charge < -0.3 is 5.21 Å². The number of carbonyl (C=O) groups excluding carboxylic acids is 1. The Hall–Kier alpha value is -1.20. The van der Waals surface area contributed by atoms with Gasteiger partial charge in [-0.1, -0.05) is 4.99 Å². The van der Waals surface area contributed by atoms with Gasteiger partial charge in [0.25, 0.3) is 0 Å². The summed E-state index contributed by atoms with van der Waals surface area (Å²) < 4.78 is 0. The number of nitriles is 1. The number of rotatable bonds is 3. The minimum absolute atomic E-state index is 0.0546. The summed E-state index contributed by atoms with van der Waals surface area (Å²) in [4.78, 5) is 23.6. The Morgan fingerprint density at radius 3 is 1.78 bits per heavy atom. The first-order chi connectivity index (χ1) is 12.1. The van der Waals surface area contributed by atoms with Crippen LogP contribution in [0.2, 0.25) is 0 Å². The molecule has 27 heavy (non-hydrogen) atoms. The van der Waals surface area contributed by atoms with Crippen LogP contribution in [0.15, 0.2) is 0 Å². The molecule has 2 aliphatic rings. The van der Waals surface area contributed by atoms with Crippen molar-refractivity contribution in [2.75, 3.05) is 0 Å². The van der Waals surface area contributed by atoms with Gasteiger partial charge in [-0.25, -0.2) is 4.79 Å². The minimum atomic E-state index is -0.533. The standard InChI is InChI=1S/C20H35N3O4/c1-17(2)11-15(12-18(3,4)22(17)25)16(24)26-27-23-19(5,6)9-14(13-21)10-20(23,7)8/h14-15,25H,9-12H2,1-8H3. The lowest BCUT2D eigenvalue weighted by Gasteiger charge is -2.51. The molecule has 2 saturated heterocycles. The van der Waals surface area contributed by atoms with Crippen LogP contribution in [0.5, 0.6) is 0 Å². The fourth-order valence-electron chi connectivity index (χ4n) is 5.14. The predicted molar refractivity (Wildman–Crippen MR) is 100 cm³/mol. The van der Waals surface area contributed by atoms with Gasteiger partial charge in [0.05, 0.1) is 12.0 Å². The minimum Gasteiger partial charge on any atom is -0.313 e. The normalized spacial score (nSPS) is 28.4. The van der Waals surface area contributed by atoms with Gasteiger partial charge in [0, 0.05) is 28.1 Å². The second-order valence-corrected chi connectivity index (χ2v) is 10.7. The Morgan fingerprint density at radius 2 is 1.37 bits per heavy atom. The predicted octanol–water partition coefficient (Wildman–Crippen LogP) is 3.83. The molecule has 0 atom stereocenters. The van der Waals surface area contributed by atoms with Crippen molar-refractivity contribution in [3.63, 3.8) is 0 Å². The van der Waals surface area contributed by atoms with E-state index in [0.717, 1.165) is 0 Å². The van der Waals surface area contributed by atoms with E-state index in [-0.39, 0.29) is 11.8 Å². The van der Waals surface area contributed by atoms with Crippen LogP contribution >= 0.6 is 0 Å². The SMILES string of the molecule is CC1(C)CC(C(=O)OON2C(C)(C)CC(C#N)CC2(C)C)CC(C)(C)N1O. The summed E-state index contributed by atoms with van der Waals surface area (Å²) in [7, 11) is 0. The van der Waals surface area contributed by atoms with Gasteiger partial charge >= 0.3 is 5.97 Å². The molecule has 0 radical (unpaired) electrons. The molecule has 0 amide bonds. The molecule has 0 aromatic carbocycles. The van der Waals surface area contributed by atoms with Crippen LogP contribution in [0.25, 0.3) is 0 Å². The van der Waals surface area contributed by atoms with Crippen molar-refractivity contribution in [3.05, 3.63) is 0 Å². The summed E-state index contributed by atoms with van der Waals surface area (Å²) in [6, 6.07) is 2.36. The highest BCUT2D eigenvalue weighted by Crippen LogP contribution is 2.43. The van der Waals surface area contributed by atoms with Gasteiger partial charge in [-0.3, -0.25) is 4.89 Å². The van der Waals surface area contributed by atoms with Gasteiger partial charge in [0.1, 0.15) is 0 Å². The second-order valence-electron chi connectivity index (χ2n) is 10.7. The van der Waals surface area contributed by atoms with Crippen LogP contribution in [-0.4, -0.2) is 43.5 Å². The fraction of sp³-hybridized carbons (Fsp3) is 0.900. The molecule has 1 N–H and O–H groups in total. The molecule has 2 aliphatic heterocycles. The Labute approximate surface area is 163 Å². The third-order valence-corrected chi connectivity index (χ3v) is 5.94. The average Bonchev–Trinajstić information content (AvgIpc) is 2.49. The summed E-state index contributed by atoms with van der Waals surface area (Å²) in [5.74, 6) is -0.833. The quantitative estimate of drug-likeness (QED) is 0.587. The van der Waals surface area contributed by atoms with E-state index in [0.29, 0.717) is 25.7 Å². The molecule has 2 rings (SSSR count). The number of hydroxylamine groups is 4. The Bertz CT molecular complexity index is 585. The van der Waals surface area contributed by atoms with Gasteiger partial charge in [-0.15, -0.1) is 5.06 Å². The summed E-state index contributed by atoms with van der Waals surface area (Å²) >= 11 is 0. The van der Waals surface area contributed by atoms with Gasteiger partial charge in [-0.2, -0.15) is 10.3 Å². The Kier molecular flexibility index (Phi) is 5.73.